The maximum absolute atomic E-state index is 12.5. The molecule has 1 saturated heterocycles. The third kappa shape index (κ3) is 5.26. The second-order valence-corrected chi connectivity index (χ2v) is 8.61. The van der Waals surface area contributed by atoms with Gasteiger partial charge in [-0.15, -0.1) is 10.2 Å². The molecule has 0 saturated carbocycles. The Labute approximate surface area is 195 Å². The van der Waals surface area contributed by atoms with E-state index in [1.54, 1.807) is 48.7 Å². The molecule has 3 amide bonds. The van der Waals surface area contributed by atoms with Crippen LogP contribution in [0.5, 0.6) is 0 Å². The molecule has 4 rings (SSSR count). The van der Waals surface area contributed by atoms with Crippen molar-refractivity contribution in [3.63, 3.8) is 0 Å². The second-order valence-electron chi connectivity index (χ2n) is 6.70. The van der Waals surface area contributed by atoms with Crippen LogP contribution in [0, 0.1) is 0 Å². The first kappa shape index (κ1) is 21.8. The van der Waals surface area contributed by atoms with E-state index in [9.17, 15) is 14.4 Å². The third-order valence-corrected chi connectivity index (χ3v) is 5.84. The predicted octanol–water partition coefficient (Wildman–Crippen LogP) is 3.48. The summed E-state index contributed by atoms with van der Waals surface area (Å²) in [6.07, 6.45) is 3.73. The Morgan fingerprint density at radius 2 is 2.00 bits per heavy atom. The molecular formula is C20H16BrN7O3S. The SMILES string of the molecule is O=C(CCCN1C(=O)S/C(=C\c2ccc(Br)cn2)C1=O)Nc1ccc(-c2nn[nH]n2)cc1. The molecular weight excluding hydrogens is 498 g/mol. The first-order valence-electron chi connectivity index (χ1n) is 9.50. The molecule has 1 aliphatic rings. The Hall–Kier alpha value is -3.38. The van der Waals surface area contributed by atoms with Crippen LogP contribution >= 0.6 is 27.7 Å². The van der Waals surface area contributed by atoms with E-state index in [1.165, 1.54) is 0 Å². The van der Waals surface area contributed by atoms with Gasteiger partial charge < -0.3 is 5.32 Å². The van der Waals surface area contributed by atoms with E-state index in [-0.39, 0.29) is 30.0 Å². The van der Waals surface area contributed by atoms with Crippen LogP contribution in [0.2, 0.25) is 0 Å². The van der Waals surface area contributed by atoms with Gasteiger partial charge in [0.15, 0.2) is 0 Å². The number of aromatic amines is 1. The summed E-state index contributed by atoms with van der Waals surface area (Å²) in [5, 5.41) is 16.1. The zero-order valence-corrected chi connectivity index (χ0v) is 18.9. The van der Waals surface area contributed by atoms with Crippen LogP contribution in [0.3, 0.4) is 0 Å². The van der Waals surface area contributed by atoms with Gasteiger partial charge in [-0.3, -0.25) is 24.3 Å². The van der Waals surface area contributed by atoms with Gasteiger partial charge in [0.2, 0.25) is 11.7 Å². The summed E-state index contributed by atoms with van der Waals surface area (Å²) in [6, 6.07) is 10.6. The van der Waals surface area contributed by atoms with Crippen molar-refractivity contribution < 1.29 is 14.4 Å². The van der Waals surface area contributed by atoms with Crippen molar-refractivity contribution in [2.24, 2.45) is 0 Å². The Balaban J connectivity index is 1.27. The normalized spacial score (nSPS) is 14.9. The molecule has 3 aromatic rings. The van der Waals surface area contributed by atoms with Gasteiger partial charge in [0.1, 0.15) is 0 Å². The number of imide groups is 1. The predicted molar refractivity (Wildman–Crippen MR) is 122 cm³/mol. The largest absolute Gasteiger partial charge is 0.326 e. The molecule has 1 aromatic carbocycles. The zero-order valence-electron chi connectivity index (χ0n) is 16.5. The van der Waals surface area contributed by atoms with Crippen LogP contribution in [-0.4, -0.2) is 54.1 Å². The standard InChI is InChI=1S/C20H16BrN7O3S/c21-13-5-8-15(22-11-13)10-16-19(30)28(20(31)32-16)9-1-2-17(29)23-14-6-3-12(4-7-14)18-24-26-27-25-18/h3-8,10-11H,1-2,9H2,(H,23,29)(H,24,25,26,27)/b16-10-. The number of hydrogen-bond acceptors (Lipinski definition) is 8. The van der Waals surface area contributed by atoms with E-state index in [0.717, 1.165) is 26.7 Å². The first-order chi connectivity index (χ1) is 15.5. The topological polar surface area (TPSA) is 134 Å². The summed E-state index contributed by atoms with van der Waals surface area (Å²) < 4.78 is 0.823. The van der Waals surface area contributed by atoms with E-state index in [4.69, 9.17) is 0 Å². The Bertz CT molecular complexity index is 1160. The number of carbonyl (C=O) groups excluding carboxylic acids is 3. The molecule has 1 fully saturated rings. The molecule has 0 atom stereocenters. The van der Waals surface area contributed by atoms with Crippen LogP contribution in [0.4, 0.5) is 10.5 Å². The number of thioether (sulfide) groups is 1. The summed E-state index contributed by atoms with van der Waals surface area (Å²) in [7, 11) is 0. The lowest BCUT2D eigenvalue weighted by Gasteiger charge is -2.12. The molecule has 10 nitrogen and oxygen atoms in total. The number of nitrogens with zero attached hydrogens (tertiary/aromatic N) is 5. The molecule has 2 aromatic heterocycles. The number of nitrogens with one attached hydrogen (secondary N) is 2. The molecule has 0 unspecified atom stereocenters. The van der Waals surface area contributed by atoms with Gasteiger partial charge >= 0.3 is 0 Å². The lowest BCUT2D eigenvalue weighted by atomic mass is 10.2. The van der Waals surface area contributed by atoms with Crippen molar-refractivity contribution in [3.05, 3.63) is 57.7 Å². The van der Waals surface area contributed by atoms with Crippen molar-refractivity contribution in [1.82, 2.24) is 30.5 Å². The van der Waals surface area contributed by atoms with Gasteiger partial charge in [0.25, 0.3) is 11.1 Å². The number of pyridine rings is 1. The third-order valence-electron chi connectivity index (χ3n) is 4.46. The summed E-state index contributed by atoms with van der Waals surface area (Å²) in [5.74, 6) is -0.119. The van der Waals surface area contributed by atoms with Crippen molar-refractivity contribution in [3.8, 4) is 11.4 Å². The average molecular weight is 514 g/mol. The van der Waals surface area contributed by atoms with Crippen LogP contribution < -0.4 is 5.32 Å². The minimum atomic E-state index is -0.373. The van der Waals surface area contributed by atoms with E-state index in [2.05, 4.69) is 46.9 Å². The number of rotatable bonds is 7. The van der Waals surface area contributed by atoms with Crippen molar-refractivity contribution in [2.45, 2.75) is 12.8 Å². The number of tetrazole rings is 1. The number of anilines is 1. The number of amides is 3. The lowest BCUT2D eigenvalue weighted by molar-refractivity contribution is -0.123. The van der Waals surface area contributed by atoms with E-state index in [1.807, 2.05) is 0 Å². The van der Waals surface area contributed by atoms with Crippen LogP contribution in [0.15, 0.2) is 52.0 Å². The zero-order chi connectivity index (χ0) is 22.5. The highest BCUT2D eigenvalue weighted by atomic mass is 79.9. The number of carbonyl (C=O) groups is 3. The quantitative estimate of drug-likeness (QED) is 0.458. The smallest absolute Gasteiger partial charge is 0.293 e. The highest BCUT2D eigenvalue weighted by molar-refractivity contribution is 9.10. The monoisotopic (exact) mass is 513 g/mol. The summed E-state index contributed by atoms with van der Waals surface area (Å²) in [6.45, 7) is 0.167. The van der Waals surface area contributed by atoms with E-state index >= 15 is 0 Å². The Morgan fingerprint density at radius 1 is 1.19 bits per heavy atom. The fourth-order valence-electron chi connectivity index (χ4n) is 2.91. The van der Waals surface area contributed by atoms with Gasteiger partial charge in [-0.1, -0.05) is 0 Å². The molecule has 3 heterocycles. The van der Waals surface area contributed by atoms with Gasteiger partial charge in [-0.25, -0.2) is 0 Å². The second kappa shape index (κ2) is 9.83. The highest BCUT2D eigenvalue weighted by Gasteiger charge is 2.34. The summed E-state index contributed by atoms with van der Waals surface area (Å²) in [4.78, 5) is 42.6. The average Bonchev–Trinajstić information content (AvgIpc) is 3.40. The molecule has 12 heteroatoms. The minimum Gasteiger partial charge on any atom is -0.326 e. The van der Waals surface area contributed by atoms with Gasteiger partial charge in [0, 0.05) is 34.9 Å². The maximum Gasteiger partial charge on any atom is 0.293 e. The fraction of sp³-hybridized carbons (Fsp3) is 0.150. The molecule has 2 N–H and O–H groups in total. The first-order valence-corrected chi connectivity index (χ1v) is 11.1. The maximum atomic E-state index is 12.5. The van der Waals surface area contributed by atoms with Crippen molar-refractivity contribution in [1.29, 1.82) is 0 Å². The Morgan fingerprint density at radius 3 is 2.69 bits per heavy atom. The van der Waals surface area contributed by atoms with Crippen LogP contribution in [0.1, 0.15) is 18.5 Å². The number of aromatic nitrogens is 5. The molecule has 32 heavy (non-hydrogen) atoms. The van der Waals surface area contributed by atoms with E-state index < -0.39 is 0 Å². The summed E-state index contributed by atoms with van der Waals surface area (Å²) in [5.41, 5.74) is 1.98. The fourth-order valence-corrected chi connectivity index (χ4v) is 3.99. The number of halogens is 1. The van der Waals surface area contributed by atoms with Crippen LogP contribution in [0.25, 0.3) is 17.5 Å². The minimum absolute atomic E-state index is 0.167. The van der Waals surface area contributed by atoms with Gasteiger partial charge in [-0.05, 0) is 81.8 Å². The summed E-state index contributed by atoms with van der Waals surface area (Å²) >= 11 is 4.17. The molecule has 0 spiro atoms. The molecule has 1 aliphatic heterocycles. The number of benzene rings is 1. The molecule has 0 radical (unpaired) electrons. The van der Waals surface area contributed by atoms with Gasteiger partial charge in [0.05, 0.1) is 10.6 Å². The van der Waals surface area contributed by atoms with E-state index in [0.29, 0.717) is 28.5 Å². The molecule has 0 aliphatic carbocycles. The van der Waals surface area contributed by atoms with Crippen molar-refractivity contribution in [2.75, 3.05) is 11.9 Å². The number of H-pyrrole nitrogens is 1. The van der Waals surface area contributed by atoms with Crippen LogP contribution in [-0.2, 0) is 9.59 Å². The lowest BCUT2D eigenvalue weighted by Crippen LogP contribution is -2.29. The molecule has 0 bridgehead atoms. The number of hydrogen-bond donors (Lipinski definition) is 2. The molecule has 162 valence electrons. The van der Waals surface area contributed by atoms with Gasteiger partial charge in [-0.2, -0.15) is 5.21 Å². The highest BCUT2D eigenvalue weighted by Crippen LogP contribution is 2.32. The Kier molecular flexibility index (Phi) is 6.71. The van der Waals surface area contributed by atoms with Crippen molar-refractivity contribution >= 4 is 56.5 Å².